The van der Waals surface area contributed by atoms with Gasteiger partial charge in [0.1, 0.15) is 24.6 Å². The highest BCUT2D eigenvalue weighted by Gasteiger charge is 2.44. The molecule has 2 aromatic heterocycles. The molecule has 6 N–H and O–H groups in total. The molecule has 1 aromatic carbocycles. The molecular formula is C17H18ClN5O6. The number of imidazole rings is 1. The maximum Gasteiger partial charge on any atom is 0.167 e. The fourth-order valence-electron chi connectivity index (χ4n) is 3.23. The molecule has 3 aromatic rings. The molecule has 0 amide bonds. The highest BCUT2D eigenvalue weighted by atomic mass is 35.5. The van der Waals surface area contributed by atoms with Gasteiger partial charge in [0.2, 0.25) is 0 Å². The number of aliphatic hydroxyl groups is 3. The normalized spacial score (nSPS) is 24.3. The number of benzene rings is 1. The van der Waals surface area contributed by atoms with Crippen LogP contribution in [0.25, 0.3) is 11.2 Å². The van der Waals surface area contributed by atoms with E-state index in [0.717, 1.165) is 0 Å². The number of rotatable bonds is 5. The van der Waals surface area contributed by atoms with Crippen LogP contribution in [0.4, 0.5) is 5.82 Å². The molecule has 0 saturated carbocycles. The van der Waals surface area contributed by atoms with Crippen molar-refractivity contribution in [3.8, 4) is 11.5 Å². The van der Waals surface area contributed by atoms with Crippen molar-refractivity contribution in [2.45, 2.75) is 31.1 Å². The Balaban J connectivity index is 1.62. The lowest BCUT2D eigenvalue weighted by molar-refractivity contribution is -0.0511. The molecule has 4 rings (SSSR count). The SMILES string of the molecule is OC[C@H]1O[C@@H](n2cnc3c(NCc4cc(Cl)cc(O)c4O)ncnc32)[C@H](O)[C@@H]1O. The summed E-state index contributed by atoms with van der Waals surface area (Å²) in [6.45, 7) is -0.355. The molecule has 4 atom stereocenters. The summed E-state index contributed by atoms with van der Waals surface area (Å²) in [6.07, 6.45) is -1.77. The smallest absolute Gasteiger partial charge is 0.167 e. The van der Waals surface area contributed by atoms with Crippen LogP contribution in [0.15, 0.2) is 24.8 Å². The van der Waals surface area contributed by atoms with Gasteiger partial charge in [-0.1, -0.05) is 11.6 Å². The van der Waals surface area contributed by atoms with Gasteiger partial charge in [-0.3, -0.25) is 4.57 Å². The second-order valence-corrected chi connectivity index (χ2v) is 7.00. The van der Waals surface area contributed by atoms with Crippen LogP contribution in [0.5, 0.6) is 11.5 Å². The molecule has 154 valence electrons. The molecule has 0 aliphatic carbocycles. The van der Waals surface area contributed by atoms with Gasteiger partial charge in [0.25, 0.3) is 0 Å². The van der Waals surface area contributed by atoms with Crippen LogP contribution in [-0.2, 0) is 11.3 Å². The maximum absolute atomic E-state index is 10.2. The highest BCUT2D eigenvalue weighted by Crippen LogP contribution is 2.34. The third-order valence-electron chi connectivity index (χ3n) is 4.73. The number of fused-ring (bicyclic) bond motifs is 1. The van der Waals surface area contributed by atoms with Crippen molar-refractivity contribution in [1.82, 2.24) is 19.5 Å². The van der Waals surface area contributed by atoms with E-state index in [0.29, 0.717) is 22.5 Å². The number of ether oxygens (including phenoxy) is 1. The van der Waals surface area contributed by atoms with Gasteiger partial charge in [-0.2, -0.15) is 0 Å². The monoisotopic (exact) mass is 423 g/mol. The van der Waals surface area contributed by atoms with Gasteiger partial charge in [-0.15, -0.1) is 0 Å². The first kappa shape index (κ1) is 19.6. The predicted molar refractivity (Wildman–Crippen MR) is 100 cm³/mol. The minimum Gasteiger partial charge on any atom is -0.504 e. The maximum atomic E-state index is 10.2. The lowest BCUT2D eigenvalue weighted by atomic mass is 10.1. The Hall–Kier alpha value is -2.70. The Kier molecular flexibility index (Phi) is 5.15. The number of anilines is 1. The van der Waals surface area contributed by atoms with Crippen LogP contribution < -0.4 is 5.32 Å². The van der Waals surface area contributed by atoms with E-state index in [-0.39, 0.29) is 23.1 Å². The van der Waals surface area contributed by atoms with Gasteiger partial charge in [-0.05, 0) is 6.07 Å². The molecule has 12 heteroatoms. The van der Waals surface area contributed by atoms with Crippen molar-refractivity contribution in [3.63, 3.8) is 0 Å². The van der Waals surface area contributed by atoms with Gasteiger partial charge in [-0.25, -0.2) is 15.0 Å². The summed E-state index contributed by atoms with van der Waals surface area (Å²) in [5, 5.41) is 52.4. The van der Waals surface area contributed by atoms with Crippen LogP contribution >= 0.6 is 11.6 Å². The first-order valence-electron chi connectivity index (χ1n) is 8.65. The number of halogens is 1. The first-order valence-corrected chi connectivity index (χ1v) is 9.02. The number of phenolic OH excluding ortho intramolecular Hbond substituents is 2. The standard InChI is InChI=1S/C17H18ClN5O6/c18-8-1-7(12(26)9(25)2-8)3-19-15-11-16(21-5-20-15)23(6-22-11)17-14(28)13(27)10(4-24)29-17/h1-2,5-6,10,13-14,17,24-28H,3-4H2,(H,19,20,21)/t10-,13-,14-,17-/m1/s1. The molecule has 1 aliphatic heterocycles. The van der Waals surface area contributed by atoms with Gasteiger partial charge in [0.05, 0.1) is 12.9 Å². The van der Waals surface area contributed by atoms with Gasteiger partial charge in [0.15, 0.2) is 34.7 Å². The van der Waals surface area contributed by atoms with Crippen molar-refractivity contribution in [2.75, 3.05) is 11.9 Å². The second-order valence-electron chi connectivity index (χ2n) is 6.56. The molecule has 1 fully saturated rings. The summed E-state index contributed by atoms with van der Waals surface area (Å²) in [5.41, 5.74) is 1.04. The molecule has 0 radical (unpaired) electrons. The zero-order valence-corrected chi connectivity index (χ0v) is 15.6. The van der Waals surface area contributed by atoms with Crippen molar-refractivity contribution in [1.29, 1.82) is 0 Å². The number of hydrogen-bond donors (Lipinski definition) is 6. The Labute approximate surface area is 168 Å². The van der Waals surface area contributed by atoms with Crippen LogP contribution in [0, 0.1) is 0 Å². The second kappa shape index (κ2) is 7.61. The number of phenols is 2. The fourth-order valence-corrected chi connectivity index (χ4v) is 3.47. The summed E-state index contributed by atoms with van der Waals surface area (Å²) in [5.74, 6) is -0.306. The van der Waals surface area contributed by atoms with E-state index in [2.05, 4.69) is 20.3 Å². The average molecular weight is 424 g/mol. The van der Waals surface area contributed by atoms with Crippen LogP contribution in [0.2, 0.25) is 5.02 Å². The quantitative estimate of drug-likeness (QED) is 0.310. The predicted octanol–water partition coefficient (Wildman–Crippen LogP) is 0.114. The molecule has 0 unspecified atom stereocenters. The summed E-state index contributed by atoms with van der Waals surface area (Å²) in [4.78, 5) is 12.5. The lowest BCUT2D eigenvalue weighted by Crippen LogP contribution is -2.33. The Morgan fingerprint density at radius 3 is 2.66 bits per heavy atom. The minimum atomic E-state index is -1.28. The van der Waals surface area contributed by atoms with Gasteiger partial charge < -0.3 is 35.6 Å². The minimum absolute atomic E-state index is 0.0901. The number of aliphatic hydroxyl groups excluding tert-OH is 3. The Bertz CT molecular complexity index is 1050. The van der Waals surface area contributed by atoms with E-state index in [9.17, 15) is 25.5 Å². The number of nitrogens with zero attached hydrogens (tertiary/aromatic N) is 4. The van der Waals surface area contributed by atoms with E-state index < -0.39 is 31.1 Å². The number of hydrogen-bond acceptors (Lipinski definition) is 10. The number of aromatic nitrogens is 4. The summed E-state index contributed by atoms with van der Waals surface area (Å²) < 4.78 is 6.95. The molecule has 29 heavy (non-hydrogen) atoms. The zero-order valence-electron chi connectivity index (χ0n) is 14.8. The van der Waals surface area contributed by atoms with Crippen molar-refractivity contribution in [2.24, 2.45) is 0 Å². The van der Waals surface area contributed by atoms with Crippen molar-refractivity contribution in [3.05, 3.63) is 35.4 Å². The van der Waals surface area contributed by atoms with Gasteiger partial charge in [0, 0.05) is 23.2 Å². The molecule has 1 saturated heterocycles. The first-order chi connectivity index (χ1) is 13.9. The summed E-state index contributed by atoms with van der Waals surface area (Å²) in [7, 11) is 0. The summed E-state index contributed by atoms with van der Waals surface area (Å²) in [6, 6.07) is 2.73. The van der Waals surface area contributed by atoms with Crippen LogP contribution in [0.1, 0.15) is 11.8 Å². The van der Waals surface area contributed by atoms with E-state index in [1.54, 1.807) is 0 Å². The third kappa shape index (κ3) is 3.43. The highest BCUT2D eigenvalue weighted by molar-refractivity contribution is 6.30. The fraction of sp³-hybridized carbons (Fsp3) is 0.353. The average Bonchev–Trinajstić information content (AvgIpc) is 3.25. The number of nitrogens with one attached hydrogen (secondary N) is 1. The summed E-state index contributed by atoms with van der Waals surface area (Å²) >= 11 is 5.91. The lowest BCUT2D eigenvalue weighted by Gasteiger charge is -2.16. The van der Waals surface area contributed by atoms with Crippen LogP contribution in [0.3, 0.4) is 0 Å². The largest absolute Gasteiger partial charge is 0.504 e. The van der Waals surface area contributed by atoms with Crippen molar-refractivity contribution >= 4 is 28.6 Å². The zero-order chi connectivity index (χ0) is 20.7. The van der Waals surface area contributed by atoms with E-state index in [1.807, 2.05) is 0 Å². The number of aromatic hydroxyl groups is 2. The molecule has 0 spiro atoms. The molecule has 3 heterocycles. The van der Waals surface area contributed by atoms with Crippen LogP contribution in [-0.4, -0.2) is 70.0 Å². The molecule has 1 aliphatic rings. The topological polar surface area (TPSA) is 166 Å². The molecule has 0 bridgehead atoms. The Morgan fingerprint density at radius 1 is 1.14 bits per heavy atom. The third-order valence-corrected chi connectivity index (χ3v) is 4.95. The van der Waals surface area contributed by atoms with E-state index >= 15 is 0 Å². The van der Waals surface area contributed by atoms with E-state index in [1.165, 1.54) is 29.4 Å². The van der Waals surface area contributed by atoms with Crippen molar-refractivity contribution < 1.29 is 30.3 Å². The van der Waals surface area contributed by atoms with Gasteiger partial charge >= 0.3 is 0 Å². The van der Waals surface area contributed by atoms with E-state index in [4.69, 9.17) is 16.3 Å². The molecular weight excluding hydrogens is 406 g/mol. The molecule has 11 nitrogen and oxygen atoms in total. The Morgan fingerprint density at radius 2 is 1.93 bits per heavy atom.